The summed E-state index contributed by atoms with van der Waals surface area (Å²) in [6.07, 6.45) is 14.7. The highest BCUT2D eigenvalue weighted by Crippen LogP contribution is 2.53. The molecule has 5 aliphatic carbocycles. The van der Waals surface area contributed by atoms with Crippen LogP contribution in [0.1, 0.15) is 87.4 Å². The molecule has 1 aromatic heterocycles. The highest BCUT2D eigenvalue weighted by molar-refractivity contribution is 5.96. The number of carboxylic acid groups (broad SMARTS) is 1. The average molecular weight is 527 g/mol. The van der Waals surface area contributed by atoms with Crippen molar-refractivity contribution in [2.24, 2.45) is 35.5 Å². The van der Waals surface area contributed by atoms with Crippen LogP contribution in [0.2, 0.25) is 0 Å². The van der Waals surface area contributed by atoms with Gasteiger partial charge < -0.3 is 20.1 Å². The van der Waals surface area contributed by atoms with Crippen LogP contribution in [0.15, 0.2) is 6.20 Å². The lowest BCUT2D eigenvalue weighted by Gasteiger charge is -2.54. The van der Waals surface area contributed by atoms with Gasteiger partial charge in [-0.2, -0.15) is 5.10 Å². The van der Waals surface area contributed by atoms with Crippen molar-refractivity contribution in [1.82, 2.24) is 20.0 Å². The molecule has 0 aromatic carbocycles. The second-order valence-corrected chi connectivity index (χ2v) is 12.8. The Morgan fingerprint density at radius 1 is 0.947 bits per heavy atom. The van der Waals surface area contributed by atoms with Crippen molar-refractivity contribution < 1.29 is 24.2 Å². The van der Waals surface area contributed by atoms with E-state index in [1.807, 2.05) is 0 Å². The van der Waals surface area contributed by atoms with Crippen molar-refractivity contribution in [2.45, 2.75) is 89.6 Å². The number of nitrogens with one attached hydrogen (secondary N) is 1. The molecule has 2 amide bonds. The van der Waals surface area contributed by atoms with E-state index in [4.69, 9.17) is 4.74 Å². The zero-order chi connectivity index (χ0) is 26.2. The van der Waals surface area contributed by atoms with Crippen LogP contribution in [-0.2, 0) is 16.1 Å². The quantitative estimate of drug-likeness (QED) is 0.534. The Morgan fingerprint density at radius 3 is 2.24 bits per heavy atom. The SMILES string of the molecule is O=C(NC1C2CC3CC(C2)CC1C3)c1cnn(CC(=O)N2CCC(C(=O)O)CC2)c1OCC1CCCCC1. The Labute approximate surface area is 224 Å². The van der Waals surface area contributed by atoms with Crippen LogP contribution in [0.5, 0.6) is 5.88 Å². The Hall–Kier alpha value is -2.58. The minimum Gasteiger partial charge on any atom is -0.481 e. The number of hydrogen-bond donors (Lipinski definition) is 2. The molecule has 0 atom stereocenters. The van der Waals surface area contributed by atoms with Crippen LogP contribution in [0.25, 0.3) is 0 Å². The number of aliphatic carboxylic acids is 1. The summed E-state index contributed by atoms with van der Waals surface area (Å²) in [5.41, 5.74) is 0.423. The summed E-state index contributed by atoms with van der Waals surface area (Å²) in [5.74, 6) is 2.25. The summed E-state index contributed by atoms with van der Waals surface area (Å²) in [7, 11) is 0. The van der Waals surface area contributed by atoms with E-state index in [-0.39, 0.29) is 24.4 Å². The third-order valence-corrected chi connectivity index (χ3v) is 10.2. The number of amides is 2. The fourth-order valence-corrected chi connectivity index (χ4v) is 8.34. The number of carbonyl (C=O) groups is 3. The molecule has 1 aromatic rings. The van der Waals surface area contributed by atoms with Gasteiger partial charge in [0.2, 0.25) is 11.8 Å². The first-order valence-corrected chi connectivity index (χ1v) is 14.9. The van der Waals surface area contributed by atoms with Crippen molar-refractivity contribution in [1.29, 1.82) is 0 Å². The van der Waals surface area contributed by atoms with Gasteiger partial charge in [-0.1, -0.05) is 19.3 Å². The standard InChI is InChI=1S/C29H42N4O5/c34-25(32-8-6-21(7-9-32)29(36)37)16-33-28(38-17-18-4-2-1-3-5-18)24(15-30-33)27(35)31-26-22-11-19-10-20(13-22)14-23(26)12-19/h15,18-23,26H,1-14,16-17H2,(H,31,35)(H,36,37). The number of carbonyl (C=O) groups excluding carboxylic acids is 2. The van der Waals surface area contributed by atoms with Gasteiger partial charge >= 0.3 is 5.97 Å². The van der Waals surface area contributed by atoms with Crippen molar-refractivity contribution in [3.05, 3.63) is 11.8 Å². The molecule has 2 N–H and O–H groups in total. The second-order valence-electron chi connectivity index (χ2n) is 12.8. The van der Waals surface area contributed by atoms with Crippen molar-refractivity contribution >= 4 is 17.8 Å². The molecule has 0 unspecified atom stereocenters. The molecule has 38 heavy (non-hydrogen) atoms. The molecule has 4 bridgehead atoms. The second kappa shape index (κ2) is 10.9. The molecular weight excluding hydrogens is 484 g/mol. The Balaban J connectivity index is 1.15. The lowest BCUT2D eigenvalue weighted by atomic mass is 9.54. The third-order valence-electron chi connectivity index (χ3n) is 10.2. The molecule has 9 heteroatoms. The maximum Gasteiger partial charge on any atom is 0.306 e. The van der Waals surface area contributed by atoms with Gasteiger partial charge in [0.25, 0.3) is 5.91 Å². The van der Waals surface area contributed by atoms with Crippen LogP contribution in [0, 0.1) is 35.5 Å². The number of rotatable bonds is 8. The first-order valence-electron chi connectivity index (χ1n) is 14.9. The van der Waals surface area contributed by atoms with Gasteiger partial charge in [0, 0.05) is 19.1 Å². The predicted molar refractivity (Wildman–Crippen MR) is 140 cm³/mol. The number of piperidine rings is 1. The van der Waals surface area contributed by atoms with Crippen molar-refractivity contribution in [2.75, 3.05) is 19.7 Å². The predicted octanol–water partition coefficient (Wildman–Crippen LogP) is 3.72. The molecule has 0 radical (unpaired) electrons. The summed E-state index contributed by atoms with van der Waals surface area (Å²) in [6.45, 7) is 1.37. The Kier molecular flexibility index (Phi) is 7.36. The van der Waals surface area contributed by atoms with Crippen LogP contribution < -0.4 is 10.1 Å². The maximum atomic E-state index is 13.6. The Bertz CT molecular complexity index is 1010. The number of carboxylic acids is 1. The fourth-order valence-electron chi connectivity index (χ4n) is 8.34. The van der Waals surface area contributed by atoms with Gasteiger partial charge in [-0.15, -0.1) is 0 Å². The molecule has 0 spiro atoms. The van der Waals surface area contributed by atoms with E-state index in [1.54, 1.807) is 15.8 Å². The van der Waals surface area contributed by atoms with Crippen LogP contribution in [-0.4, -0.2) is 63.3 Å². The maximum absolute atomic E-state index is 13.6. The first kappa shape index (κ1) is 25.7. The number of aromatic nitrogens is 2. The summed E-state index contributed by atoms with van der Waals surface area (Å²) >= 11 is 0. The summed E-state index contributed by atoms with van der Waals surface area (Å²) in [6, 6.07) is 0.224. The van der Waals surface area contributed by atoms with Gasteiger partial charge in [-0.05, 0) is 87.4 Å². The zero-order valence-corrected chi connectivity index (χ0v) is 22.4. The smallest absolute Gasteiger partial charge is 0.306 e. The largest absolute Gasteiger partial charge is 0.481 e. The first-order chi connectivity index (χ1) is 18.4. The monoisotopic (exact) mass is 526 g/mol. The molecule has 6 fully saturated rings. The molecule has 2 heterocycles. The molecule has 9 nitrogen and oxygen atoms in total. The van der Waals surface area contributed by atoms with Crippen molar-refractivity contribution in [3.8, 4) is 5.88 Å². The molecule has 5 saturated carbocycles. The fraction of sp³-hybridized carbons (Fsp3) is 0.793. The molecule has 6 aliphatic rings. The summed E-state index contributed by atoms with van der Waals surface area (Å²) in [5, 5.41) is 17.1. The van der Waals surface area contributed by atoms with Crippen molar-refractivity contribution in [3.63, 3.8) is 0 Å². The third kappa shape index (κ3) is 5.30. The van der Waals surface area contributed by atoms with Gasteiger partial charge in [-0.25, -0.2) is 4.68 Å². The average Bonchev–Trinajstić information content (AvgIpc) is 3.32. The van der Waals surface area contributed by atoms with Crippen LogP contribution in [0.3, 0.4) is 0 Å². The molecule has 1 saturated heterocycles. The summed E-state index contributed by atoms with van der Waals surface area (Å²) < 4.78 is 7.85. The van der Waals surface area contributed by atoms with Gasteiger partial charge in [0.1, 0.15) is 12.1 Å². The van der Waals surface area contributed by atoms with E-state index in [0.717, 1.165) is 24.7 Å². The van der Waals surface area contributed by atoms with E-state index in [9.17, 15) is 19.5 Å². The lowest BCUT2D eigenvalue weighted by molar-refractivity contribution is -0.145. The van der Waals surface area contributed by atoms with Gasteiger partial charge in [0.05, 0.1) is 18.7 Å². The number of likely N-dealkylation sites (tertiary alicyclic amines) is 1. The summed E-state index contributed by atoms with van der Waals surface area (Å²) in [4.78, 5) is 39.7. The topological polar surface area (TPSA) is 114 Å². The molecule has 7 rings (SSSR count). The zero-order valence-electron chi connectivity index (χ0n) is 22.4. The van der Waals surface area contributed by atoms with E-state index in [2.05, 4.69) is 10.4 Å². The number of ether oxygens (including phenoxy) is 1. The highest BCUT2D eigenvalue weighted by Gasteiger charge is 2.48. The lowest BCUT2D eigenvalue weighted by Crippen LogP contribution is -2.55. The van der Waals surface area contributed by atoms with E-state index in [0.29, 0.717) is 61.7 Å². The van der Waals surface area contributed by atoms with Gasteiger partial charge in [-0.3, -0.25) is 14.4 Å². The van der Waals surface area contributed by atoms with Gasteiger partial charge in [0.15, 0.2) is 0 Å². The highest BCUT2D eigenvalue weighted by atomic mass is 16.5. The minimum absolute atomic E-state index is 0.0109. The molecular formula is C29H42N4O5. The van der Waals surface area contributed by atoms with Crippen LogP contribution in [0.4, 0.5) is 0 Å². The number of hydrogen-bond acceptors (Lipinski definition) is 5. The van der Waals surface area contributed by atoms with E-state index >= 15 is 0 Å². The minimum atomic E-state index is -0.794. The molecule has 208 valence electrons. The molecule has 1 aliphatic heterocycles. The Morgan fingerprint density at radius 2 is 1.61 bits per heavy atom. The van der Waals surface area contributed by atoms with E-state index in [1.165, 1.54) is 51.4 Å². The normalized spacial score (nSPS) is 31.4. The number of nitrogens with zero attached hydrogens (tertiary/aromatic N) is 3. The van der Waals surface area contributed by atoms with E-state index < -0.39 is 11.9 Å². The van der Waals surface area contributed by atoms with Crippen LogP contribution >= 0.6 is 0 Å².